The lowest BCUT2D eigenvalue weighted by Gasteiger charge is -2.27. The second kappa shape index (κ2) is 72.8. The molecule has 1 aliphatic heterocycles. The van der Waals surface area contributed by atoms with Crippen LogP contribution in [0.5, 0.6) is 0 Å². The van der Waals surface area contributed by atoms with Crippen molar-refractivity contribution in [3.8, 4) is 0 Å². The maximum absolute atomic E-state index is 12.6. The van der Waals surface area contributed by atoms with Crippen LogP contribution in [0.4, 0.5) is 24.0 Å². The summed E-state index contributed by atoms with van der Waals surface area (Å²) in [5.74, 6) is 0. The van der Waals surface area contributed by atoms with Crippen molar-refractivity contribution in [2.75, 3.05) is 144 Å². The molecule has 0 saturated carbocycles. The van der Waals surface area contributed by atoms with Gasteiger partial charge >= 0.3 is 30.5 Å². The van der Waals surface area contributed by atoms with Gasteiger partial charge in [-0.05, 0) is 187 Å². The predicted molar refractivity (Wildman–Crippen MR) is 487 cm³/mol. The van der Waals surface area contributed by atoms with Crippen molar-refractivity contribution in [2.45, 2.75) is 409 Å². The molecular weight excluding hydrogens is 1670 g/mol. The van der Waals surface area contributed by atoms with Crippen LogP contribution in [0.3, 0.4) is 0 Å². The number of alkyl carbamates (subject to hydrolysis) is 4. The van der Waals surface area contributed by atoms with E-state index < -0.39 is 95.6 Å². The van der Waals surface area contributed by atoms with Crippen LogP contribution in [0.15, 0.2) is 0 Å². The van der Waals surface area contributed by atoms with E-state index in [1.807, 2.05) is 187 Å². The van der Waals surface area contributed by atoms with Gasteiger partial charge < -0.3 is 137 Å². The Bertz CT molecular complexity index is 2480. The number of carbonyl (C=O) groups is 5. The Hall–Kier alpha value is -3.79. The van der Waals surface area contributed by atoms with Crippen LogP contribution < -0.4 is 21.3 Å². The van der Waals surface area contributed by atoms with Crippen molar-refractivity contribution < 1.29 is 134 Å². The van der Waals surface area contributed by atoms with Gasteiger partial charge in [0.15, 0.2) is 0 Å². The second-order valence-electron chi connectivity index (χ2n) is 36.1. The Morgan fingerprint density at radius 1 is 0.280 bits per heavy atom. The predicted octanol–water partition coefficient (Wildman–Crippen LogP) is 14.5. The van der Waals surface area contributed by atoms with E-state index in [2.05, 4.69) is 28.2 Å². The lowest BCUT2D eigenvalue weighted by Crippen LogP contribution is -2.42. The van der Waals surface area contributed by atoms with E-state index in [1.54, 1.807) is 4.90 Å². The highest BCUT2D eigenvalue weighted by Crippen LogP contribution is 2.24. The number of nitrogens with zero attached hydrogens (tertiary/aromatic N) is 1. The molecule has 0 aromatic heterocycles. The molecule has 17 atom stereocenters. The largest absolute Gasteiger partial charge is 0.444 e. The Morgan fingerprint density at radius 3 is 0.664 bits per heavy atom. The molecule has 0 bridgehead atoms. The topological polar surface area (TPSA) is 393 Å². The summed E-state index contributed by atoms with van der Waals surface area (Å²) in [6, 6.07) is -0.603. The summed E-state index contributed by atoms with van der Waals surface area (Å²) in [4.78, 5) is 63.2. The Balaban J connectivity index is -0.00000261. The summed E-state index contributed by atoms with van der Waals surface area (Å²) in [5, 5.41) is 50.6. The number of aliphatic hydroxyl groups excluding tert-OH is 4. The number of halogens is 2. The number of hydrogen-bond donors (Lipinski definition) is 8. The van der Waals surface area contributed by atoms with Crippen molar-refractivity contribution in [1.29, 1.82) is 0 Å². The lowest BCUT2D eigenvalue weighted by atomic mass is 10.2. The van der Waals surface area contributed by atoms with Crippen LogP contribution in [0.2, 0.25) is 0 Å². The van der Waals surface area contributed by atoms with Crippen molar-refractivity contribution in [2.24, 2.45) is 0 Å². The average molecular weight is 1850 g/mol. The Labute approximate surface area is 763 Å². The molecule has 0 aromatic carbocycles. The SMILES string of the molecule is CCC(COC(CC)COCC(COCC(COCC(CC)OCC(CC)NC(=O)OC(C)(C)C)OCC(CC)OCC(CC)NC(=O)OC(C)(C)C)OCC(CC)OCC(CC)NC(=O)OC(C)(C)C)NC(=O)OC(C)(C)C.CCC(O)COCC(COCC(COCC(O)CC)OCC(O)CC)OCC(O)CC.CCC1CN1C(=O)OC(C)(C)C.ClCCl. The highest BCUT2D eigenvalue weighted by atomic mass is 35.5. The molecule has 1 fully saturated rings. The van der Waals surface area contributed by atoms with Gasteiger partial charge in [-0.25, -0.2) is 24.0 Å². The zero-order chi connectivity index (χ0) is 95.8. The first-order valence-electron chi connectivity index (χ1n) is 45.8. The molecule has 1 rings (SSSR count). The number of nitrogens with one attached hydrogen (secondary N) is 4. The van der Waals surface area contributed by atoms with E-state index in [4.69, 9.17) is 113 Å². The van der Waals surface area contributed by atoms with Gasteiger partial charge in [-0.3, -0.25) is 0 Å². The number of rotatable bonds is 65. The van der Waals surface area contributed by atoms with E-state index in [9.17, 15) is 44.4 Å². The summed E-state index contributed by atoms with van der Waals surface area (Å²) in [6.07, 6.45) is 1.23. The molecule has 0 radical (unpaired) electrons. The van der Waals surface area contributed by atoms with Gasteiger partial charge in [0.05, 0.1) is 217 Å². The number of aliphatic hydroxyl groups is 4. The standard InChI is InChI=1S/C58H114N4O17.C22H46O9.C9H17NO2.CH2Cl2/c1-21-41(59-51(63)76-55(9,10)11)29-70-45(25-5)33-67-35-49(74-39-47(27-7)72-31-43(23-3)61-53(65)78-57(15,16)17)37-69-38-50(75-40-48(28-8)73-32-44(24-4)62-54(66)79-58(18,19)20)36-68-34-46(26-6)71-30-42(22-2)60-52(64)77-56(12,13)14;1-5-17(23)9-27-13-21(30-11-19(25)7-3)15-29-16-22(31-12-20(26)8-4)14-28-10-18(24)6-2;1-5-7-6-10(7)8(11)12-9(2,3)4;2-1-3/h41-50H,21-40H2,1-20H3,(H,59,63)(H,60,64)(H,61,65)(H,62,66);17-26H,5-16H2,1-4H3;7H,5-6H2,1-4H3;1H2. The van der Waals surface area contributed by atoms with Crippen molar-refractivity contribution in [1.82, 2.24) is 26.2 Å². The summed E-state index contributed by atoms with van der Waals surface area (Å²) in [7, 11) is 0. The number of carbonyl (C=O) groups excluding carboxylic acids is 5. The number of ether oxygens (including phenoxy) is 19. The molecule has 1 saturated heterocycles. The van der Waals surface area contributed by atoms with Gasteiger partial charge in [0.25, 0.3) is 0 Å². The maximum Gasteiger partial charge on any atom is 0.410 e. The number of alkyl halides is 2. The summed E-state index contributed by atoms with van der Waals surface area (Å²) in [6.45, 7) is 58.2. The Morgan fingerprint density at radius 2 is 0.472 bits per heavy atom. The van der Waals surface area contributed by atoms with E-state index in [-0.39, 0.29) is 198 Å². The normalized spacial score (nSPS) is 17.0. The van der Waals surface area contributed by atoms with Gasteiger partial charge in [-0.1, -0.05) is 90.0 Å². The monoisotopic (exact) mass is 1850 g/mol. The minimum absolute atomic E-state index is 0.134. The molecule has 0 aliphatic carbocycles. The van der Waals surface area contributed by atoms with Gasteiger partial charge in [-0.15, -0.1) is 23.2 Å². The maximum atomic E-state index is 12.6. The summed E-state index contributed by atoms with van der Waals surface area (Å²) in [5.41, 5.74) is -2.88. The van der Waals surface area contributed by atoms with Gasteiger partial charge in [-0.2, -0.15) is 0 Å². The molecular formula is C90H179Cl2N5O28. The highest BCUT2D eigenvalue weighted by Gasteiger charge is 2.39. The third-order valence-corrected chi connectivity index (χ3v) is 18.2. The summed E-state index contributed by atoms with van der Waals surface area (Å²) >= 11 is 9.53. The molecule has 17 unspecified atom stereocenters. The van der Waals surface area contributed by atoms with Crippen LogP contribution >= 0.6 is 23.2 Å². The zero-order valence-electron chi connectivity index (χ0n) is 82.4. The van der Waals surface area contributed by atoms with E-state index in [0.717, 1.165) is 13.0 Å². The smallest absolute Gasteiger partial charge is 0.410 e. The first-order valence-corrected chi connectivity index (χ1v) is 46.9. The summed E-state index contributed by atoms with van der Waals surface area (Å²) < 4.78 is 112. The van der Waals surface area contributed by atoms with Crippen LogP contribution in [0.1, 0.15) is 277 Å². The van der Waals surface area contributed by atoms with Gasteiger partial charge in [0.2, 0.25) is 0 Å². The molecule has 0 spiro atoms. The minimum Gasteiger partial charge on any atom is -0.444 e. The average Bonchev–Trinajstić information content (AvgIpc) is 1.67. The lowest BCUT2D eigenvalue weighted by molar-refractivity contribution is -0.130. The molecule has 33 nitrogen and oxygen atoms in total. The highest BCUT2D eigenvalue weighted by molar-refractivity contribution is 6.40. The molecule has 1 aliphatic rings. The van der Waals surface area contributed by atoms with Crippen LogP contribution in [0.25, 0.3) is 0 Å². The van der Waals surface area contributed by atoms with Crippen molar-refractivity contribution in [3.63, 3.8) is 0 Å². The molecule has 1 heterocycles. The van der Waals surface area contributed by atoms with Gasteiger partial charge in [0, 0.05) is 6.54 Å². The molecule has 0 aromatic rings. The molecule has 8 N–H and O–H groups in total. The zero-order valence-corrected chi connectivity index (χ0v) is 83.9. The Kier molecular flexibility index (Phi) is 73.0. The molecule has 35 heteroatoms. The third kappa shape index (κ3) is 75.4. The fraction of sp³-hybridized carbons (Fsp3) is 0.944. The van der Waals surface area contributed by atoms with Gasteiger partial charge in [0.1, 0.15) is 52.4 Å². The first kappa shape index (κ1) is 125. The third-order valence-electron chi connectivity index (χ3n) is 18.2. The van der Waals surface area contributed by atoms with Crippen LogP contribution in [-0.2, 0) is 90.0 Å². The fourth-order valence-electron chi connectivity index (χ4n) is 10.2. The van der Waals surface area contributed by atoms with Crippen LogP contribution in [-0.4, -0.2) is 331 Å². The van der Waals surface area contributed by atoms with E-state index >= 15 is 0 Å². The second-order valence-corrected chi connectivity index (χ2v) is 36.9. The number of hydrogen-bond acceptors (Lipinski definition) is 28. The van der Waals surface area contributed by atoms with E-state index in [1.165, 1.54) is 0 Å². The van der Waals surface area contributed by atoms with Crippen molar-refractivity contribution >= 4 is 53.7 Å². The van der Waals surface area contributed by atoms with Crippen LogP contribution in [0, 0.1) is 0 Å². The molecule has 125 heavy (non-hydrogen) atoms. The number of amides is 5. The minimum atomic E-state index is -0.633. The molecule has 5 amide bonds. The first-order chi connectivity index (χ1) is 58.6. The van der Waals surface area contributed by atoms with Crippen molar-refractivity contribution in [3.05, 3.63) is 0 Å². The molecule has 746 valence electrons. The quantitative estimate of drug-likeness (QED) is 0.0159. The fourth-order valence-corrected chi connectivity index (χ4v) is 10.2. The van der Waals surface area contributed by atoms with E-state index in [0.29, 0.717) is 83.1 Å².